The smallest absolute Gasteiger partial charge is 0.331 e. The summed E-state index contributed by atoms with van der Waals surface area (Å²) in [6, 6.07) is 0. The molecule has 0 amide bonds. The van der Waals surface area contributed by atoms with E-state index in [1.807, 2.05) is 26.8 Å². The highest BCUT2D eigenvalue weighted by Crippen LogP contribution is 2.02. The van der Waals surface area contributed by atoms with Crippen molar-refractivity contribution in [2.24, 2.45) is 0 Å². The van der Waals surface area contributed by atoms with E-state index in [0.29, 0.717) is 12.0 Å². The summed E-state index contributed by atoms with van der Waals surface area (Å²) < 4.78 is 0. The van der Waals surface area contributed by atoms with Gasteiger partial charge in [-0.3, -0.25) is 0 Å². The van der Waals surface area contributed by atoms with Gasteiger partial charge in [0, 0.05) is 5.57 Å². The first kappa shape index (κ1) is 9.95. The van der Waals surface area contributed by atoms with E-state index in [0.717, 1.165) is 5.57 Å². The fraction of sp³-hybridized carbons (Fsp3) is 0.444. The molecule has 0 unspecified atom stereocenters. The molecule has 0 rings (SSSR count). The van der Waals surface area contributed by atoms with Crippen LogP contribution in [0.5, 0.6) is 0 Å². The summed E-state index contributed by atoms with van der Waals surface area (Å²) in [5.74, 6) is -0.829. The molecule has 62 valence electrons. The molecule has 0 bridgehead atoms. The number of carboxylic acid groups (broad SMARTS) is 1. The fourth-order valence-electron chi connectivity index (χ4n) is 0.608. The van der Waals surface area contributed by atoms with E-state index in [1.54, 1.807) is 6.08 Å². The van der Waals surface area contributed by atoms with Crippen LogP contribution in [-0.4, -0.2) is 11.1 Å². The van der Waals surface area contributed by atoms with E-state index in [1.165, 1.54) is 0 Å². The van der Waals surface area contributed by atoms with Gasteiger partial charge in [-0.1, -0.05) is 24.6 Å². The quantitative estimate of drug-likeness (QED) is 0.500. The van der Waals surface area contributed by atoms with E-state index in [-0.39, 0.29) is 0 Å². The van der Waals surface area contributed by atoms with Crippen molar-refractivity contribution in [1.82, 2.24) is 0 Å². The summed E-state index contributed by atoms with van der Waals surface area (Å²) in [6.07, 6.45) is 4.03. The molecule has 0 aromatic rings. The van der Waals surface area contributed by atoms with Crippen LogP contribution >= 0.6 is 0 Å². The average Bonchev–Trinajstić information content (AvgIpc) is 1.87. The fourth-order valence-corrected chi connectivity index (χ4v) is 0.608. The third-order valence-electron chi connectivity index (χ3n) is 1.27. The number of carbonyl (C=O) groups is 1. The summed E-state index contributed by atoms with van der Waals surface area (Å²) >= 11 is 0. The molecule has 0 aliphatic carbocycles. The highest BCUT2D eigenvalue weighted by atomic mass is 16.4. The molecule has 0 radical (unpaired) electrons. The van der Waals surface area contributed by atoms with Crippen LogP contribution in [0.1, 0.15) is 27.2 Å². The van der Waals surface area contributed by atoms with Gasteiger partial charge in [0.25, 0.3) is 0 Å². The molecule has 0 aliphatic heterocycles. The maximum atomic E-state index is 10.4. The Labute approximate surface area is 67.2 Å². The Hall–Kier alpha value is -1.05. The van der Waals surface area contributed by atoms with Gasteiger partial charge < -0.3 is 5.11 Å². The van der Waals surface area contributed by atoms with E-state index in [9.17, 15) is 4.79 Å². The zero-order valence-electron chi connectivity index (χ0n) is 7.22. The first-order valence-electron chi connectivity index (χ1n) is 3.65. The number of hydrogen-bond donors (Lipinski definition) is 1. The minimum absolute atomic E-state index is 0.450. The van der Waals surface area contributed by atoms with Crippen LogP contribution in [-0.2, 0) is 4.79 Å². The zero-order valence-corrected chi connectivity index (χ0v) is 7.22. The Morgan fingerprint density at radius 3 is 2.18 bits per heavy atom. The molecule has 0 aromatic heterocycles. The van der Waals surface area contributed by atoms with Crippen LogP contribution in [0.25, 0.3) is 0 Å². The SMILES string of the molecule is CC/C(=C\C=C(C)C)C(=O)O. The Morgan fingerprint density at radius 1 is 1.36 bits per heavy atom. The largest absolute Gasteiger partial charge is 0.478 e. The van der Waals surface area contributed by atoms with Gasteiger partial charge in [-0.05, 0) is 20.3 Å². The lowest BCUT2D eigenvalue weighted by Crippen LogP contribution is -1.98. The van der Waals surface area contributed by atoms with Crippen LogP contribution < -0.4 is 0 Å². The Kier molecular flexibility index (Phi) is 4.27. The second kappa shape index (κ2) is 4.72. The van der Waals surface area contributed by atoms with Crippen molar-refractivity contribution in [2.45, 2.75) is 27.2 Å². The van der Waals surface area contributed by atoms with Crippen molar-refractivity contribution in [3.05, 3.63) is 23.3 Å². The molecule has 0 atom stereocenters. The zero-order chi connectivity index (χ0) is 8.85. The molecule has 11 heavy (non-hydrogen) atoms. The summed E-state index contributed by atoms with van der Waals surface area (Å²) in [5.41, 5.74) is 1.56. The molecule has 0 saturated carbocycles. The summed E-state index contributed by atoms with van der Waals surface area (Å²) in [7, 11) is 0. The van der Waals surface area contributed by atoms with Crippen LogP contribution in [0, 0.1) is 0 Å². The molecule has 0 aliphatic rings. The predicted molar refractivity (Wildman–Crippen MR) is 45.4 cm³/mol. The summed E-state index contributed by atoms with van der Waals surface area (Å²) in [5, 5.41) is 8.59. The predicted octanol–water partition coefficient (Wildman–Crippen LogP) is 2.37. The normalized spacial score (nSPS) is 11.0. The number of aliphatic carboxylic acids is 1. The van der Waals surface area contributed by atoms with Gasteiger partial charge in [-0.25, -0.2) is 4.79 Å². The Morgan fingerprint density at radius 2 is 1.91 bits per heavy atom. The van der Waals surface area contributed by atoms with Crippen LogP contribution in [0.4, 0.5) is 0 Å². The van der Waals surface area contributed by atoms with Gasteiger partial charge in [-0.15, -0.1) is 0 Å². The minimum atomic E-state index is -0.829. The van der Waals surface area contributed by atoms with E-state index in [4.69, 9.17) is 5.11 Å². The first-order chi connectivity index (χ1) is 5.07. The molecule has 2 nitrogen and oxygen atoms in total. The van der Waals surface area contributed by atoms with Crippen molar-refractivity contribution in [3.63, 3.8) is 0 Å². The van der Waals surface area contributed by atoms with Crippen LogP contribution in [0.3, 0.4) is 0 Å². The first-order valence-corrected chi connectivity index (χ1v) is 3.65. The second-order valence-electron chi connectivity index (χ2n) is 2.59. The number of allylic oxidation sites excluding steroid dienone is 3. The number of rotatable bonds is 3. The summed E-state index contributed by atoms with van der Waals surface area (Å²) in [4.78, 5) is 10.4. The lowest BCUT2D eigenvalue weighted by atomic mass is 10.2. The van der Waals surface area contributed by atoms with Crippen molar-refractivity contribution < 1.29 is 9.90 Å². The van der Waals surface area contributed by atoms with Gasteiger partial charge in [-0.2, -0.15) is 0 Å². The van der Waals surface area contributed by atoms with E-state index >= 15 is 0 Å². The van der Waals surface area contributed by atoms with Crippen molar-refractivity contribution in [1.29, 1.82) is 0 Å². The van der Waals surface area contributed by atoms with Crippen molar-refractivity contribution >= 4 is 5.97 Å². The van der Waals surface area contributed by atoms with Gasteiger partial charge in [0.05, 0.1) is 0 Å². The van der Waals surface area contributed by atoms with Crippen LogP contribution in [0.15, 0.2) is 23.3 Å². The van der Waals surface area contributed by atoms with Crippen molar-refractivity contribution in [3.8, 4) is 0 Å². The van der Waals surface area contributed by atoms with Gasteiger partial charge in [0.15, 0.2) is 0 Å². The molecule has 1 N–H and O–H groups in total. The molecule has 2 heteroatoms. The number of carboxylic acids is 1. The molecule has 0 fully saturated rings. The molecule has 0 spiro atoms. The standard InChI is InChI=1S/C9H14O2/c1-4-8(9(10)11)6-5-7(2)3/h5-6H,4H2,1-3H3,(H,10,11)/b8-6+. The van der Waals surface area contributed by atoms with E-state index in [2.05, 4.69) is 0 Å². The van der Waals surface area contributed by atoms with Crippen molar-refractivity contribution in [2.75, 3.05) is 0 Å². The topological polar surface area (TPSA) is 37.3 Å². The minimum Gasteiger partial charge on any atom is -0.478 e. The van der Waals surface area contributed by atoms with E-state index < -0.39 is 5.97 Å². The average molecular weight is 154 g/mol. The van der Waals surface area contributed by atoms with Crippen LogP contribution in [0.2, 0.25) is 0 Å². The van der Waals surface area contributed by atoms with Gasteiger partial charge >= 0.3 is 5.97 Å². The lowest BCUT2D eigenvalue weighted by molar-refractivity contribution is -0.132. The second-order valence-corrected chi connectivity index (χ2v) is 2.59. The number of hydrogen-bond acceptors (Lipinski definition) is 1. The Balaban J connectivity index is 4.37. The third kappa shape index (κ3) is 4.37. The molecule has 0 aromatic carbocycles. The van der Waals surface area contributed by atoms with Gasteiger partial charge in [0.2, 0.25) is 0 Å². The Bertz CT molecular complexity index is 196. The highest BCUT2D eigenvalue weighted by molar-refractivity contribution is 5.86. The molecular weight excluding hydrogens is 140 g/mol. The molecule has 0 heterocycles. The monoisotopic (exact) mass is 154 g/mol. The lowest BCUT2D eigenvalue weighted by Gasteiger charge is -1.93. The summed E-state index contributed by atoms with van der Waals surface area (Å²) in [6.45, 7) is 5.70. The highest BCUT2D eigenvalue weighted by Gasteiger charge is 2.00. The maximum Gasteiger partial charge on any atom is 0.331 e. The third-order valence-corrected chi connectivity index (χ3v) is 1.27. The molecule has 0 saturated heterocycles. The molecular formula is C9H14O2. The maximum absolute atomic E-state index is 10.4. The van der Waals surface area contributed by atoms with Gasteiger partial charge in [0.1, 0.15) is 0 Å².